The topological polar surface area (TPSA) is 43.1 Å². The van der Waals surface area contributed by atoms with E-state index in [0.29, 0.717) is 0 Å². The molecule has 0 aliphatic heterocycles. The van der Waals surface area contributed by atoms with E-state index in [1.807, 2.05) is 30.7 Å². The number of nitrogens with zero attached hydrogens (tertiary/aromatic N) is 4. The normalized spacial score (nSPS) is 13.5. The molecule has 4 aromatic heterocycles. The molecular weight excluding hydrogens is 428 g/mol. The summed E-state index contributed by atoms with van der Waals surface area (Å²) >= 11 is 0. The molecule has 2 aliphatic rings. The summed E-state index contributed by atoms with van der Waals surface area (Å²) in [6.07, 6.45) is 7.64. The fourth-order valence-electron chi connectivity index (χ4n) is 6.49. The Bertz CT molecular complexity index is 2070. The molecule has 162 valence electrons. The molecule has 35 heavy (non-hydrogen) atoms. The first-order valence-corrected chi connectivity index (χ1v) is 12.0. The van der Waals surface area contributed by atoms with Crippen molar-refractivity contribution in [2.75, 3.05) is 0 Å². The number of imidazole rings is 1. The molecule has 0 N–H and O–H groups in total. The molecule has 0 fully saturated rings. The summed E-state index contributed by atoms with van der Waals surface area (Å²) in [6, 6.07) is 24.3. The highest BCUT2D eigenvalue weighted by molar-refractivity contribution is 6.15. The fraction of sp³-hybridized carbons (Fsp3) is 0.0645. The highest BCUT2D eigenvalue weighted by Gasteiger charge is 2.29. The van der Waals surface area contributed by atoms with Crippen LogP contribution < -0.4 is 0 Å². The van der Waals surface area contributed by atoms with E-state index in [1.54, 1.807) is 0 Å². The Kier molecular flexibility index (Phi) is 3.11. The van der Waals surface area contributed by atoms with Crippen LogP contribution in [0.25, 0.3) is 60.7 Å². The van der Waals surface area contributed by atoms with Gasteiger partial charge in [0.05, 0.1) is 5.52 Å². The van der Waals surface area contributed by atoms with Gasteiger partial charge in [-0.25, -0.2) is 9.97 Å². The van der Waals surface area contributed by atoms with Crippen molar-refractivity contribution >= 4 is 38.5 Å². The molecule has 2 aliphatic carbocycles. The van der Waals surface area contributed by atoms with E-state index in [2.05, 4.69) is 69.0 Å². The molecule has 0 amide bonds. The maximum absolute atomic E-state index is 5.03. The minimum absolute atomic E-state index is 0.889. The first-order chi connectivity index (χ1) is 17.3. The second-order valence-electron chi connectivity index (χ2n) is 9.70. The van der Waals surface area contributed by atoms with Crippen molar-refractivity contribution in [2.24, 2.45) is 0 Å². The number of rotatable bonds is 0. The van der Waals surface area contributed by atoms with Crippen LogP contribution in [0.2, 0.25) is 0 Å². The van der Waals surface area contributed by atoms with Crippen LogP contribution in [-0.4, -0.2) is 19.4 Å². The van der Waals surface area contributed by atoms with E-state index in [9.17, 15) is 0 Å². The monoisotopic (exact) mass is 446 g/mol. The number of fused-ring (bicyclic) bond motifs is 15. The lowest BCUT2D eigenvalue weighted by Gasteiger charge is -2.12. The third-order valence-electron chi connectivity index (χ3n) is 7.95. The third-order valence-corrected chi connectivity index (χ3v) is 7.95. The molecule has 0 unspecified atom stereocenters. The molecule has 4 heterocycles. The Morgan fingerprint density at radius 2 is 1.63 bits per heavy atom. The van der Waals surface area contributed by atoms with Crippen LogP contribution in [0.4, 0.5) is 0 Å². The zero-order valence-electron chi connectivity index (χ0n) is 18.8. The SMILES string of the molecule is c1ccc2c(c1)Cc1c-2ccc2c1-c1cc3c4cnccc4n4c5ncccc5nc4c3cc1C2. The van der Waals surface area contributed by atoms with Crippen LogP contribution in [0.5, 0.6) is 0 Å². The minimum Gasteiger partial charge on any atom is -0.276 e. The zero-order valence-corrected chi connectivity index (χ0v) is 18.8. The van der Waals surface area contributed by atoms with E-state index in [4.69, 9.17) is 4.98 Å². The lowest BCUT2D eigenvalue weighted by molar-refractivity contribution is 1.23. The van der Waals surface area contributed by atoms with Crippen LogP contribution >= 0.6 is 0 Å². The Balaban J connectivity index is 1.41. The smallest absolute Gasteiger partial charge is 0.164 e. The van der Waals surface area contributed by atoms with Crippen LogP contribution in [0.3, 0.4) is 0 Å². The Hall–Kier alpha value is -4.57. The van der Waals surface area contributed by atoms with E-state index >= 15 is 0 Å². The number of hydrogen-bond acceptors (Lipinski definition) is 3. The molecule has 4 nitrogen and oxygen atoms in total. The minimum atomic E-state index is 0.889. The number of benzene rings is 3. The second-order valence-corrected chi connectivity index (χ2v) is 9.70. The highest BCUT2D eigenvalue weighted by Crippen LogP contribution is 2.49. The summed E-state index contributed by atoms with van der Waals surface area (Å²) in [7, 11) is 0. The van der Waals surface area contributed by atoms with Crippen molar-refractivity contribution in [1.82, 2.24) is 19.4 Å². The van der Waals surface area contributed by atoms with Crippen LogP contribution in [0.1, 0.15) is 22.3 Å². The van der Waals surface area contributed by atoms with Gasteiger partial charge in [-0.15, -0.1) is 0 Å². The molecule has 0 atom stereocenters. The standard InChI is InChI=1S/C31H18N4/c1-2-5-20-17(4-1)13-24-21(20)8-7-18-12-19-14-25-23(15-22(19)29(18)24)26-16-32-11-9-28(26)35-30(25)34-27-6-3-10-33-31(27)35/h1-11,14-16H,12-13H2. The summed E-state index contributed by atoms with van der Waals surface area (Å²) in [6.45, 7) is 0. The average molecular weight is 447 g/mol. The molecule has 0 saturated heterocycles. The third kappa shape index (κ3) is 2.15. The summed E-state index contributed by atoms with van der Waals surface area (Å²) in [5.41, 5.74) is 15.1. The molecule has 3 aromatic carbocycles. The maximum atomic E-state index is 5.03. The fourth-order valence-corrected chi connectivity index (χ4v) is 6.49. The summed E-state index contributed by atoms with van der Waals surface area (Å²) in [4.78, 5) is 14.2. The summed E-state index contributed by atoms with van der Waals surface area (Å²) < 4.78 is 2.19. The van der Waals surface area contributed by atoms with E-state index in [-0.39, 0.29) is 0 Å². The lowest BCUT2D eigenvalue weighted by atomic mass is 9.93. The highest BCUT2D eigenvalue weighted by atomic mass is 15.1. The molecule has 0 spiro atoms. The van der Waals surface area contributed by atoms with Crippen molar-refractivity contribution in [3.63, 3.8) is 0 Å². The van der Waals surface area contributed by atoms with E-state index in [0.717, 1.165) is 45.9 Å². The zero-order chi connectivity index (χ0) is 22.7. The van der Waals surface area contributed by atoms with Crippen molar-refractivity contribution in [1.29, 1.82) is 0 Å². The van der Waals surface area contributed by atoms with Crippen molar-refractivity contribution < 1.29 is 0 Å². The Morgan fingerprint density at radius 1 is 0.657 bits per heavy atom. The molecule has 9 rings (SSSR count). The van der Waals surface area contributed by atoms with Gasteiger partial charge >= 0.3 is 0 Å². The largest absolute Gasteiger partial charge is 0.276 e. The quantitative estimate of drug-likeness (QED) is 0.243. The van der Waals surface area contributed by atoms with Crippen LogP contribution in [0, 0.1) is 0 Å². The number of hydrogen-bond donors (Lipinski definition) is 0. The Labute approximate surface area is 200 Å². The summed E-state index contributed by atoms with van der Waals surface area (Å²) in [5, 5.41) is 3.50. The Morgan fingerprint density at radius 3 is 2.63 bits per heavy atom. The van der Waals surface area contributed by atoms with Gasteiger partial charge in [-0.2, -0.15) is 0 Å². The van der Waals surface area contributed by atoms with Crippen molar-refractivity contribution in [3.8, 4) is 22.3 Å². The lowest BCUT2D eigenvalue weighted by Crippen LogP contribution is -1.94. The molecule has 7 aromatic rings. The number of pyridine rings is 3. The van der Waals surface area contributed by atoms with Gasteiger partial charge in [0.25, 0.3) is 0 Å². The molecular formula is C31H18N4. The van der Waals surface area contributed by atoms with Gasteiger partial charge < -0.3 is 0 Å². The van der Waals surface area contributed by atoms with E-state index in [1.165, 1.54) is 49.9 Å². The number of aromatic nitrogens is 4. The first kappa shape index (κ1) is 17.8. The molecule has 4 heteroatoms. The van der Waals surface area contributed by atoms with Gasteiger partial charge in [-0.3, -0.25) is 9.38 Å². The van der Waals surface area contributed by atoms with Gasteiger partial charge in [0.1, 0.15) is 11.2 Å². The van der Waals surface area contributed by atoms with Crippen LogP contribution in [0.15, 0.2) is 85.3 Å². The summed E-state index contributed by atoms with van der Waals surface area (Å²) in [5.74, 6) is 0. The predicted octanol–water partition coefficient (Wildman–Crippen LogP) is 6.73. The van der Waals surface area contributed by atoms with Crippen molar-refractivity contribution in [3.05, 3.63) is 108 Å². The van der Waals surface area contributed by atoms with Crippen LogP contribution in [-0.2, 0) is 12.8 Å². The van der Waals surface area contributed by atoms with Gasteiger partial charge in [0, 0.05) is 29.4 Å². The van der Waals surface area contributed by atoms with Crippen molar-refractivity contribution in [2.45, 2.75) is 12.8 Å². The van der Waals surface area contributed by atoms with E-state index < -0.39 is 0 Å². The molecule has 0 radical (unpaired) electrons. The van der Waals surface area contributed by atoms with Gasteiger partial charge in [0.2, 0.25) is 0 Å². The second kappa shape index (κ2) is 6.10. The maximum Gasteiger partial charge on any atom is 0.164 e. The van der Waals surface area contributed by atoms with Gasteiger partial charge in [0.15, 0.2) is 5.65 Å². The first-order valence-electron chi connectivity index (χ1n) is 12.0. The predicted molar refractivity (Wildman–Crippen MR) is 140 cm³/mol. The molecule has 0 saturated carbocycles. The van der Waals surface area contributed by atoms with Gasteiger partial charge in [-0.1, -0.05) is 36.4 Å². The average Bonchev–Trinajstić information content (AvgIpc) is 3.58. The molecule has 0 bridgehead atoms. The van der Waals surface area contributed by atoms with Gasteiger partial charge in [-0.05, 0) is 93.1 Å².